The molecule has 0 saturated carbocycles. The summed E-state index contributed by atoms with van der Waals surface area (Å²) in [4.78, 5) is 42.9. The lowest BCUT2D eigenvalue weighted by Gasteiger charge is -2.26. The van der Waals surface area contributed by atoms with E-state index in [1.54, 1.807) is 49.6 Å². The fraction of sp³-hybridized carbons (Fsp3) is 0.226. The van der Waals surface area contributed by atoms with Crippen LogP contribution in [0.5, 0.6) is 11.5 Å². The van der Waals surface area contributed by atoms with Crippen molar-refractivity contribution >= 4 is 29.1 Å². The van der Waals surface area contributed by atoms with Gasteiger partial charge in [0.25, 0.3) is 11.8 Å². The molecule has 0 saturated heterocycles. The van der Waals surface area contributed by atoms with Crippen LogP contribution < -0.4 is 25.3 Å². The monoisotopic (exact) mass is 554 g/mol. The van der Waals surface area contributed by atoms with Gasteiger partial charge in [0.1, 0.15) is 0 Å². The SMILES string of the molecule is COc1ccccc1ON(C(=O)c1cnc(Nc2ccc(C(=O)NCCN(C)C)cc2)nc1)c1c(C)cccc1C. The van der Waals surface area contributed by atoms with Crippen LogP contribution >= 0.6 is 0 Å². The molecule has 0 bridgehead atoms. The number of likely N-dealkylation sites (N-methyl/N-ethyl adjacent to an activating group) is 1. The topological polar surface area (TPSA) is 109 Å². The van der Waals surface area contributed by atoms with Crippen LogP contribution in [0, 0.1) is 13.8 Å². The van der Waals surface area contributed by atoms with E-state index in [2.05, 4.69) is 20.6 Å². The van der Waals surface area contributed by atoms with Gasteiger partial charge < -0.3 is 25.1 Å². The van der Waals surface area contributed by atoms with E-state index in [-0.39, 0.29) is 11.5 Å². The molecule has 10 nitrogen and oxygen atoms in total. The average molecular weight is 555 g/mol. The third kappa shape index (κ3) is 7.37. The van der Waals surface area contributed by atoms with Crippen molar-refractivity contribution in [2.75, 3.05) is 44.7 Å². The van der Waals surface area contributed by atoms with Crippen molar-refractivity contribution in [2.45, 2.75) is 13.8 Å². The van der Waals surface area contributed by atoms with Gasteiger partial charge in [-0.3, -0.25) is 9.59 Å². The number of hydrogen-bond acceptors (Lipinski definition) is 8. The molecule has 1 heterocycles. The van der Waals surface area contributed by atoms with Crippen molar-refractivity contribution < 1.29 is 19.2 Å². The molecule has 0 aliphatic heterocycles. The second-order valence-corrected chi connectivity index (χ2v) is 9.64. The van der Waals surface area contributed by atoms with Crippen LogP contribution in [0.1, 0.15) is 31.8 Å². The molecule has 0 radical (unpaired) electrons. The van der Waals surface area contributed by atoms with E-state index in [0.717, 1.165) is 17.7 Å². The number of carbonyl (C=O) groups is 2. The Kier molecular flexibility index (Phi) is 9.49. The first-order valence-corrected chi connectivity index (χ1v) is 13.1. The van der Waals surface area contributed by atoms with Gasteiger partial charge in [0, 0.05) is 36.7 Å². The highest BCUT2D eigenvalue weighted by atomic mass is 16.7. The van der Waals surface area contributed by atoms with Gasteiger partial charge in [0.15, 0.2) is 11.5 Å². The summed E-state index contributed by atoms with van der Waals surface area (Å²) in [5.74, 6) is 0.601. The first-order valence-electron chi connectivity index (χ1n) is 13.1. The number of rotatable bonds is 11. The van der Waals surface area contributed by atoms with Crippen LogP contribution in [0.2, 0.25) is 0 Å². The van der Waals surface area contributed by atoms with E-state index < -0.39 is 5.91 Å². The minimum Gasteiger partial charge on any atom is -0.493 e. The molecule has 1 aromatic heterocycles. The molecular formula is C31H34N6O4. The standard InChI is InChI=1S/C31H34N6O4/c1-21-9-8-10-22(2)28(21)37(41-27-12-7-6-11-26(27)40-5)30(39)24-19-33-31(34-20-24)35-25-15-13-23(14-16-25)29(38)32-17-18-36(3)4/h6-16,19-20H,17-18H2,1-5H3,(H,32,38)(H,33,34,35). The van der Waals surface area contributed by atoms with Gasteiger partial charge in [0.05, 0.1) is 18.4 Å². The highest BCUT2D eigenvalue weighted by Gasteiger charge is 2.25. The fourth-order valence-electron chi connectivity index (χ4n) is 4.06. The largest absolute Gasteiger partial charge is 0.493 e. The number of aryl methyl sites for hydroxylation is 2. The van der Waals surface area contributed by atoms with Gasteiger partial charge in [-0.25, -0.2) is 9.97 Å². The van der Waals surface area contributed by atoms with E-state index in [0.29, 0.717) is 40.9 Å². The zero-order valence-corrected chi connectivity index (χ0v) is 23.8. The van der Waals surface area contributed by atoms with Gasteiger partial charge in [-0.1, -0.05) is 30.3 Å². The zero-order chi connectivity index (χ0) is 29.4. The molecule has 0 atom stereocenters. The number of ether oxygens (including phenoxy) is 1. The van der Waals surface area contributed by atoms with Crippen LogP contribution in [0.15, 0.2) is 79.1 Å². The first-order chi connectivity index (χ1) is 19.8. The number of anilines is 3. The Bertz CT molecular complexity index is 1470. The summed E-state index contributed by atoms with van der Waals surface area (Å²) in [5.41, 5.74) is 3.84. The third-order valence-corrected chi connectivity index (χ3v) is 6.23. The summed E-state index contributed by atoms with van der Waals surface area (Å²) >= 11 is 0. The van der Waals surface area contributed by atoms with Crippen molar-refractivity contribution in [3.63, 3.8) is 0 Å². The molecule has 2 N–H and O–H groups in total. The van der Waals surface area contributed by atoms with Crippen molar-refractivity contribution in [3.8, 4) is 11.5 Å². The van der Waals surface area contributed by atoms with E-state index in [1.165, 1.54) is 17.5 Å². The molecule has 212 valence electrons. The summed E-state index contributed by atoms with van der Waals surface area (Å²) in [7, 11) is 5.45. The van der Waals surface area contributed by atoms with Gasteiger partial charge in [0.2, 0.25) is 5.95 Å². The number of amides is 2. The Morgan fingerprint density at radius 1 is 0.829 bits per heavy atom. The Hall–Kier alpha value is -4.96. The van der Waals surface area contributed by atoms with Gasteiger partial charge in [-0.15, -0.1) is 5.06 Å². The number of methoxy groups -OCH3 is 1. The molecule has 2 amide bonds. The maximum atomic E-state index is 13.8. The van der Waals surface area contributed by atoms with Crippen molar-refractivity contribution in [3.05, 3.63) is 101 Å². The molecule has 0 aliphatic carbocycles. The molecule has 10 heteroatoms. The maximum absolute atomic E-state index is 13.8. The Morgan fingerprint density at radius 3 is 2.07 bits per heavy atom. The number of hydroxylamine groups is 1. The Labute approximate surface area is 239 Å². The van der Waals surface area contributed by atoms with Gasteiger partial charge >= 0.3 is 0 Å². The third-order valence-electron chi connectivity index (χ3n) is 6.23. The number of benzene rings is 3. The predicted molar refractivity (Wildman–Crippen MR) is 159 cm³/mol. The highest BCUT2D eigenvalue weighted by Crippen LogP contribution is 2.32. The molecule has 0 spiro atoms. The number of carbonyl (C=O) groups excluding carboxylic acids is 2. The van der Waals surface area contributed by atoms with Crippen LogP contribution in [-0.4, -0.2) is 61.0 Å². The quantitative estimate of drug-likeness (QED) is 0.255. The van der Waals surface area contributed by atoms with Crippen LogP contribution in [0.25, 0.3) is 0 Å². The molecule has 0 unspecified atom stereocenters. The number of nitrogens with zero attached hydrogens (tertiary/aromatic N) is 4. The number of para-hydroxylation sites is 3. The van der Waals surface area contributed by atoms with Crippen molar-refractivity contribution in [1.29, 1.82) is 0 Å². The molecule has 4 aromatic rings. The molecular weight excluding hydrogens is 520 g/mol. The molecule has 0 aliphatic rings. The second kappa shape index (κ2) is 13.4. The second-order valence-electron chi connectivity index (χ2n) is 9.64. The Morgan fingerprint density at radius 2 is 1.46 bits per heavy atom. The van der Waals surface area contributed by atoms with Crippen LogP contribution in [0.3, 0.4) is 0 Å². The minimum absolute atomic E-state index is 0.138. The van der Waals surface area contributed by atoms with Gasteiger partial charge in [-0.05, 0) is 75.5 Å². The van der Waals surface area contributed by atoms with Crippen molar-refractivity contribution in [1.82, 2.24) is 20.2 Å². The smallest absolute Gasteiger partial charge is 0.294 e. The number of aromatic nitrogens is 2. The lowest BCUT2D eigenvalue weighted by Crippen LogP contribution is -2.35. The predicted octanol–water partition coefficient (Wildman–Crippen LogP) is 4.78. The van der Waals surface area contributed by atoms with Crippen LogP contribution in [-0.2, 0) is 0 Å². The van der Waals surface area contributed by atoms with E-state index >= 15 is 0 Å². The summed E-state index contributed by atoms with van der Waals surface area (Å²) < 4.78 is 5.43. The zero-order valence-electron chi connectivity index (χ0n) is 23.8. The van der Waals surface area contributed by atoms with Gasteiger partial charge in [-0.2, -0.15) is 0 Å². The van der Waals surface area contributed by atoms with Crippen molar-refractivity contribution in [2.24, 2.45) is 0 Å². The lowest BCUT2D eigenvalue weighted by atomic mass is 10.1. The summed E-state index contributed by atoms with van der Waals surface area (Å²) in [6.07, 6.45) is 2.88. The molecule has 4 rings (SSSR count). The summed E-state index contributed by atoms with van der Waals surface area (Å²) in [6, 6.07) is 19.9. The number of hydrogen-bond donors (Lipinski definition) is 2. The highest BCUT2D eigenvalue weighted by molar-refractivity contribution is 6.05. The maximum Gasteiger partial charge on any atom is 0.294 e. The van der Waals surface area contributed by atoms with E-state index in [9.17, 15) is 9.59 Å². The number of nitrogens with one attached hydrogen (secondary N) is 2. The summed E-state index contributed by atoms with van der Waals surface area (Å²) in [6.45, 7) is 5.15. The first kappa shape index (κ1) is 29.0. The fourth-order valence-corrected chi connectivity index (χ4v) is 4.06. The lowest BCUT2D eigenvalue weighted by molar-refractivity contribution is 0.0875. The molecule has 41 heavy (non-hydrogen) atoms. The van der Waals surface area contributed by atoms with E-state index in [1.807, 2.05) is 57.1 Å². The Balaban J connectivity index is 1.51. The van der Waals surface area contributed by atoms with Crippen LogP contribution in [0.4, 0.5) is 17.3 Å². The van der Waals surface area contributed by atoms with E-state index in [4.69, 9.17) is 9.57 Å². The molecule has 0 fully saturated rings. The summed E-state index contributed by atoms with van der Waals surface area (Å²) in [5, 5.41) is 7.23. The normalized spacial score (nSPS) is 10.7. The molecule has 3 aromatic carbocycles. The minimum atomic E-state index is -0.440. The average Bonchev–Trinajstić information content (AvgIpc) is 2.97.